The minimum Gasteiger partial charge on any atom is -0.489 e. The minimum absolute atomic E-state index is 0.0832. The second kappa shape index (κ2) is 7.02. The molecule has 1 aromatic rings. The number of para-hydroxylation sites is 1. The number of benzene rings is 1. The van der Waals surface area contributed by atoms with E-state index in [9.17, 15) is 0 Å². The highest BCUT2D eigenvalue weighted by atomic mass is 35.5. The summed E-state index contributed by atoms with van der Waals surface area (Å²) in [4.78, 5) is 0. The van der Waals surface area contributed by atoms with Crippen LogP contribution in [-0.4, -0.2) is 11.6 Å². The predicted molar refractivity (Wildman–Crippen MR) is 90.1 cm³/mol. The molecule has 2 rings (SSSR count). The smallest absolute Gasteiger partial charge is 0.142 e. The molecule has 0 aromatic heterocycles. The molecule has 3 heteroatoms. The number of hydrogen-bond donors (Lipinski definition) is 1. The Bertz CT molecular complexity index is 459. The van der Waals surface area contributed by atoms with Crippen molar-refractivity contribution in [1.29, 1.82) is 0 Å². The molecule has 1 aromatic carbocycles. The highest BCUT2D eigenvalue weighted by Gasteiger charge is 2.22. The van der Waals surface area contributed by atoms with Crippen molar-refractivity contribution in [3.05, 3.63) is 28.8 Å². The fourth-order valence-electron chi connectivity index (χ4n) is 2.70. The van der Waals surface area contributed by atoms with Crippen molar-refractivity contribution in [2.45, 2.75) is 71.6 Å². The van der Waals surface area contributed by atoms with Crippen molar-refractivity contribution >= 4 is 11.6 Å². The summed E-state index contributed by atoms with van der Waals surface area (Å²) in [5, 5.41) is 4.24. The van der Waals surface area contributed by atoms with E-state index < -0.39 is 0 Å². The van der Waals surface area contributed by atoms with Gasteiger partial charge >= 0.3 is 0 Å². The average Bonchev–Trinajstić information content (AvgIpc) is 2.41. The summed E-state index contributed by atoms with van der Waals surface area (Å²) in [6.45, 7) is 9.61. The van der Waals surface area contributed by atoms with Crippen LogP contribution in [0, 0.1) is 5.92 Å². The van der Waals surface area contributed by atoms with Crippen molar-refractivity contribution in [1.82, 2.24) is 5.32 Å². The molecular formula is C18H28ClNO. The Labute approximate surface area is 134 Å². The summed E-state index contributed by atoms with van der Waals surface area (Å²) in [6.07, 6.45) is 5.10. The van der Waals surface area contributed by atoms with Gasteiger partial charge in [0.15, 0.2) is 0 Å². The molecule has 1 N–H and O–H groups in total. The Morgan fingerprint density at radius 1 is 1.19 bits per heavy atom. The SMILES string of the molecule is CC1CCC(Oc2c(Cl)cccc2CNC(C)(C)C)CC1. The Kier molecular flexibility index (Phi) is 5.56. The van der Waals surface area contributed by atoms with Crippen molar-refractivity contribution in [2.24, 2.45) is 5.92 Å². The topological polar surface area (TPSA) is 21.3 Å². The normalized spacial score (nSPS) is 23.1. The second-order valence-electron chi connectivity index (χ2n) is 7.33. The van der Waals surface area contributed by atoms with E-state index in [-0.39, 0.29) is 5.54 Å². The first kappa shape index (κ1) is 16.6. The first-order valence-corrected chi connectivity index (χ1v) is 8.42. The molecule has 2 nitrogen and oxygen atoms in total. The van der Waals surface area contributed by atoms with Gasteiger partial charge < -0.3 is 10.1 Å². The molecule has 0 amide bonds. The Hall–Kier alpha value is -0.730. The van der Waals surface area contributed by atoms with Gasteiger partial charge in [0.1, 0.15) is 5.75 Å². The fraction of sp³-hybridized carbons (Fsp3) is 0.667. The van der Waals surface area contributed by atoms with E-state index in [0.717, 1.165) is 41.6 Å². The van der Waals surface area contributed by atoms with E-state index in [1.54, 1.807) is 0 Å². The Morgan fingerprint density at radius 2 is 1.86 bits per heavy atom. The minimum atomic E-state index is 0.0832. The average molecular weight is 310 g/mol. The molecule has 0 atom stereocenters. The Balaban J connectivity index is 2.06. The van der Waals surface area contributed by atoms with Crippen LogP contribution in [0.4, 0.5) is 0 Å². The van der Waals surface area contributed by atoms with Crippen molar-refractivity contribution in [2.75, 3.05) is 0 Å². The van der Waals surface area contributed by atoms with Crippen LogP contribution in [0.2, 0.25) is 5.02 Å². The molecule has 0 radical (unpaired) electrons. The first-order chi connectivity index (χ1) is 9.85. The lowest BCUT2D eigenvalue weighted by molar-refractivity contribution is 0.134. The molecule has 0 unspecified atom stereocenters. The summed E-state index contributed by atoms with van der Waals surface area (Å²) in [7, 11) is 0. The number of halogens is 1. The predicted octanol–water partition coefficient (Wildman–Crippen LogP) is 5.19. The van der Waals surface area contributed by atoms with E-state index in [2.05, 4.69) is 39.1 Å². The van der Waals surface area contributed by atoms with E-state index in [1.165, 1.54) is 12.8 Å². The maximum absolute atomic E-state index is 6.37. The van der Waals surface area contributed by atoms with Crippen molar-refractivity contribution < 1.29 is 4.74 Å². The maximum atomic E-state index is 6.37. The van der Waals surface area contributed by atoms with Crippen LogP contribution in [0.25, 0.3) is 0 Å². The number of nitrogens with one attached hydrogen (secondary N) is 1. The molecule has 0 aliphatic heterocycles. The molecule has 0 heterocycles. The number of hydrogen-bond acceptors (Lipinski definition) is 2. The van der Waals surface area contributed by atoms with E-state index in [1.807, 2.05) is 12.1 Å². The zero-order valence-electron chi connectivity index (χ0n) is 13.7. The van der Waals surface area contributed by atoms with Crippen LogP contribution < -0.4 is 10.1 Å². The van der Waals surface area contributed by atoms with Gasteiger partial charge in [0.05, 0.1) is 11.1 Å². The lowest BCUT2D eigenvalue weighted by Gasteiger charge is -2.28. The van der Waals surface area contributed by atoms with Gasteiger partial charge in [0, 0.05) is 17.6 Å². The molecule has 0 saturated heterocycles. The van der Waals surface area contributed by atoms with E-state index in [0.29, 0.717) is 6.10 Å². The number of rotatable bonds is 4. The van der Waals surface area contributed by atoms with Crippen LogP contribution in [0.5, 0.6) is 5.75 Å². The first-order valence-electron chi connectivity index (χ1n) is 8.04. The third kappa shape index (κ3) is 5.19. The largest absolute Gasteiger partial charge is 0.489 e. The summed E-state index contributed by atoms with van der Waals surface area (Å²) in [5.41, 5.74) is 1.23. The Morgan fingerprint density at radius 3 is 2.48 bits per heavy atom. The molecule has 21 heavy (non-hydrogen) atoms. The summed E-state index contributed by atoms with van der Waals surface area (Å²) in [6, 6.07) is 6.02. The monoisotopic (exact) mass is 309 g/mol. The molecule has 1 fully saturated rings. The standard InChI is InChI=1S/C18H28ClNO/c1-13-8-10-15(11-9-13)21-17-14(6-5-7-16(17)19)12-20-18(2,3)4/h5-7,13,15,20H,8-12H2,1-4H3. The van der Waals surface area contributed by atoms with Gasteiger partial charge in [-0.3, -0.25) is 0 Å². The van der Waals surface area contributed by atoms with Gasteiger partial charge in [-0.25, -0.2) is 0 Å². The van der Waals surface area contributed by atoms with Gasteiger partial charge in [0.25, 0.3) is 0 Å². The zero-order valence-corrected chi connectivity index (χ0v) is 14.5. The molecule has 0 bridgehead atoms. The lowest BCUT2D eigenvalue weighted by atomic mass is 9.89. The van der Waals surface area contributed by atoms with Crippen LogP contribution >= 0.6 is 11.6 Å². The fourth-order valence-corrected chi connectivity index (χ4v) is 2.94. The molecule has 1 aliphatic rings. The van der Waals surface area contributed by atoms with Crippen LogP contribution in [-0.2, 0) is 6.54 Å². The third-order valence-electron chi connectivity index (χ3n) is 4.11. The van der Waals surface area contributed by atoms with Crippen molar-refractivity contribution in [3.8, 4) is 5.75 Å². The highest BCUT2D eigenvalue weighted by molar-refractivity contribution is 6.32. The summed E-state index contributed by atoms with van der Waals surface area (Å²) >= 11 is 6.37. The van der Waals surface area contributed by atoms with Crippen LogP contribution in [0.3, 0.4) is 0 Å². The van der Waals surface area contributed by atoms with E-state index >= 15 is 0 Å². The quantitative estimate of drug-likeness (QED) is 0.827. The van der Waals surface area contributed by atoms with Crippen LogP contribution in [0.15, 0.2) is 18.2 Å². The molecular weight excluding hydrogens is 282 g/mol. The third-order valence-corrected chi connectivity index (χ3v) is 4.40. The van der Waals surface area contributed by atoms with Gasteiger partial charge in [-0.05, 0) is 58.4 Å². The van der Waals surface area contributed by atoms with Crippen molar-refractivity contribution in [3.63, 3.8) is 0 Å². The second-order valence-corrected chi connectivity index (χ2v) is 7.74. The molecule has 0 spiro atoms. The van der Waals surface area contributed by atoms with E-state index in [4.69, 9.17) is 16.3 Å². The lowest BCUT2D eigenvalue weighted by Crippen LogP contribution is -2.35. The molecule has 1 saturated carbocycles. The van der Waals surface area contributed by atoms with Gasteiger partial charge in [-0.1, -0.05) is 30.7 Å². The van der Waals surface area contributed by atoms with Gasteiger partial charge in [-0.15, -0.1) is 0 Å². The zero-order chi connectivity index (χ0) is 15.5. The van der Waals surface area contributed by atoms with Crippen LogP contribution in [0.1, 0.15) is 58.9 Å². The molecule has 1 aliphatic carbocycles. The maximum Gasteiger partial charge on any atom is 0.142 e. The molecule has 118 valence electrons. The van der Waals surface area contributed by atoms with Gasteiger partial charge in [0.2, 0.25) is 0 Å². The summed E-state index contributed by atoms with van der Waals surface area (Å²) in [5.74, 6) is 1.70. The number of ether oxygens (including phenoxy) is 1. The van der Waals surface area contributed by atoms with Gasteiger partial charge in [-0.2, -0.15) is 0 Å². The highest BCUT2D eigenvalue weighted by Crippen LogP contribution is 2.33. The summed E-state index contributed by atoms with van der Waals surface area (Å²) < 4.78 is 6.26.